The number of aryl methyl sites for hydroxylation is 1. The molecule has 2 saturated heterocycles. The van der Waals surface area contributed by atoms with E-state index in [1.54, 1.807) is 17.5 Å². The SMILES string of the molecule is Cc1nnc(N2CC[C@H]3C(=O)N(Cc4cccnc4)CCO[C@H]3C2)s1.O=C(O)C(F)(F)F.O=C(O)C(F)(F)F. The number of pyridine rings is 1. The Bertz CT molecular complexity index is 1090. The van der Waals surface area contributed by atoms with Crippen LogP contribution >= 0.6 is 11.3 Å². The van der Waals surface area contributed by atoms with E-state index < -0.39 is 24.3 Å². The van der Waals surface area contributed by atoms with Gasteiger partial charge in [0, 0.05) is 38.6 Å². The molecule has 39 heavy (non-hydrogen) atoms. The maximum absolute atomic E-state index is 13.0. The monoisotopic (exact) mass is 587 g/mol. The summed E-state index contributed by atoms with van der Waals surface area (Å²) < 4.78 is 69.5. The number of carbonyl (C=O) groups excluding carboxylic acids is 1. The first kappa shape index (κ1) is 31.7. The van der Waals surface area contributed by atoms with Crippen molar-refractivity contribution in [3.63, 3.8) is 0 Å². The summed E-state index contributed by atoms with van der Waals surface area (Å²) in [6.07, 6.45) is -5.90. The van der Waals surface area contributed by atoms with Crippen LogP contribution in [-0.2, 0) is 25.7 Å². The van der Waals surface area contributed by atoms with E-state index in [0.29, 0.717) is 26.2 Å². The molecule has 0 aromatic carbocycles. The number of piperidine rings is 1. The Morgan fingerprint density at radius 2 is 1.72 bits per heavy atom. The van der Waals surface area contributed by atoms with Gasteiger partial charge < -0.3 is 24.7 Å². The summed E-state index contributed by atoms with van der Waals surface area (Å²) >= 11 is 1.59. The Hall–Kier alpha value is -3.54. The van der Waals surface area contributed by atoms with E-state index in [1.807, 2.05) is 30.2 Å². The number of rotatable bonds is 3. The second-order valence-electron chi connectivity index (χ2n) is 8.08. The summed E-state index contributed by atoms with van der Waals surface area (Å²) in [5, 5.41) is 24.4. The van der Waals surface area contributed by atoms with Gasteiger partial charge in [-0.1, -0.05) is 17.4 Å². The van der Waals surface area contributed by atoms with Crippen LogP contribution in [0.5, 0.6) is 0 Å². The lowest BCUT2D eigenvalue weighted by Gasteiger charge is -2.36. The van der Waals surface area contributed by atoms with Crippen molar-refractivity contribution in [3.8, 4) is 0 Å². The molecule has 11 nitrogen and oxygen atoms in total. The van der Waals surface area contributed by atoms with E-state index in [1.165, 1.54) is 0 Å². The zero-order chi connectivity index (χ0) is 29.4. The first-order valence-corrected chi connectivity index (χ1v) is 11.9. The van der Waals surface area contributed by atoms with Crippen LogP contribution in [-0.4, -0.2) is 92.8 Å². The first-order valence-electron chi connectivity index (χ1n) is 11.0. The molecular weight excluding hydrogens is 564 g/mol. The molecular formula is C21H23F6N5O6S. The van der Waals surface area contributed by atoms with Gasteiger partial charge in [-0.15, -0.1) is 10.2 Å². The molecule has 2 aromatic heterocycles. The summed E-state index contributed by atoms with van der Waals surface area (Å²) in [4.78, 5) is 39.0. The second kappa shape index (κ2) is 13.5. The second-order valence-corrected chi connectivity index (χ2v) is 9.24. The Morgan fingerprint density at radius 3 is 2.21 bits per heavy atom. The molecule has 2 aliphatic rings. The van der Waals surface area contributed by atoms with Gasteiger partial charge >= 0.3 is 24.3 Å². The molecule has 0 unspecified atom stereocenters. The molecule has 18 heteroatoms. The number of hydrogen-bond donors (Lipinski definition) is 2. The molecule has 0 aliphatic carbocycles. The molecule has 2 aliphatic heterocycles. The Balaban J connectivity index is 0.000000317. The fraction of sp³-hybridized carbons (Fsp3) is 0.524. The summed E-state index contributed by atoms with van der Waals surface area (Å²) in [6.45, 7) is 5.25. The average molecular weight is 587 g/mol. The van der Waals surface area contributed by atoms with Gasteiger partial charge in [0.05, 0.1) is 18.6 Å². The van der Waals surface area contributed by atoms with E-state index in [4.69, 9.17) is 24.5 Å². The molecule has 1 amide bonds. The van der Waals surface area contributed by atoms with Gasteiger partial charge in [-0.25, -0.2) is 9.59 Å². The maximum atomic E-state index is 13.0. The standard InChI is InChI=1S/C17H21N5O2S.2C2HF3O2/c1-12-19-20-17(25-12)22-6-4-14-15(11-22)24-8-7-21(16(14)23)10-13-3-2-5-18-9-13;2*3-2(4,5)1(6)7/h2-3,5,9,14-15H,4,6-8,10-11H2,1H3;2*(H,6,7)/t14-,15+;;/m1../s1. The fourth-order valence-corrected chi connectivity index (χ4v) is 4.21. The summed E-state index contributed by atoms with van der Waals surface area (Å²) in [7, 11) is 0. The third-order valence-electron chi connectivity index (χ3n) is 5.25. The summed E-state index contributed by atoms with van der Waals surface area (Å²) in [5.74, 6) is -5.40. The number of aromatic nitrogens is 3. The molecule has 2 N–H and O–H groups in total. The zero-order valence-electron chi connectivity index (χ0n) is 20.1. The Morgan fingerprint density at radius 1 is 1.10 bits per heavy atom. The highest BCUT2D eigenvalue weighted by atomic mass is 32.1. The van der Waals surface area contributed by atoms with E-state index in [-0.39, 0.29) is 17.9 Å². The Labute approximate surface area is 221 Å². The lowest BCUT2D eigenvalue weighted by Crippen LogP contribution is -2.49. The van der Waals surface area contributed by atoms with Gasteiger partial charge in [-0.3, -0.25) is 9.78 Å². The molecule has 216 valence electrons. The smallest absolute Gasteiger partial charge is 0.475 e. The topological polar surface area (TPSA) is 146 Å². The normalized spacial score (nSPS) is 19.5. The molecule has 0 bridgehead atoms. The minimum atomic E-state index is -5.08. The number of carboxylic acid groups (broad SMARTS) is 2. The number of amides is 1. The van der Waals surface area contributed by atoms with Gasteiger partial charge in [-0.05, 0) is 25.0 Å². The highest BCUT2D eigenvalue weighted by molar-refractivity contribution is 7.15. The lowest BCUT2D eigenvalue weighted by atomic mass is 9.92. The van der Waals surface area contributed by atoms with Crippen molar-refractivity contribution >= 4 is 34.3 Å². The molecule has 2 aromatic rings. The van der Waals surface area contributed by atoms with E-state index in [0.717, 1.165) is 28.7 Å². The fourth-order valence-electron chi connectivity index (χ4n) is 3.48. The first-order chi connectivity index (χ1) is 18.1. The van der Waals surface area contributed by atoms with Crippen LogP contribution < -0.4 is 4.90 Å². The molecule has 2 fully saturated rings. The number of carbonyl (C=O) groups is 3. The van der Waals surface area contributed by atoms with Gasteiger partial charge in [0.1, 0.15) is 5.01 Å². The number of hydrogen-bond acceptors (Lipinski definition) is 9. The van der Waals surface area contributed by atoms with Crippen LogP contribution in [0.3, 0.4) is 0 Å². The van der Waals surface area contributed by atoms with Crippen molar-refractivity contribution in [2.24, 2.45) is 5.92 Å². The lowest BCUT2D eigenvalue weighted by molar-refractivity contribution is -0.193. The Kier molecular flexibility index (Phi) is 11.0. The van der Waals surface area contributed by atoms with Crippen LogP contribution in [0.2, 0.25) is 0 Å². The largest absolute Gasteiger partial charge is 0.490 e. The van der Waals surface area contributed by atoms with Gasteiger partial charge in [-0.2, -0.15) is 26.3 Å². The number of anilines is 1. The minimum absolute atomic E-state index is 0.0792. The third kappa shape index (κ3) is 9.93. The molecule has 4 rings (SSSR count). The van der Waals surface area contributed by atoms with E-state index in [2.05, 4.69) is 20.1 Å². The number of alkyl halides is 6. The quantitative estimate of drug-likeness (QED) is 0.514. The van der Waals surface area contributed by atoms with Crippen molar-refractivity contribution in [1.82, 2.24) is 20.1 Å². The third-order valence-corrected chi connectivity index (χ3v) is 6.15. The van der Waals surface area contributed by atoms with E-state index >= 15 is 0 Å². The molecule has 0 saturated carbocycles. The highest BCUT2D eigenvalue weighted by Crippen LogP contribution is 2.30. The number of ether oxygens (including phenoxy) is 1. The number of aliphatic carboxylic acids is 2. The van der Waals surface area contributed by atoms with Gasteiger partial charge in [0.15, 0.2) is 0 Å². The maximum Gasteiger partial charge on any atom is 0.490 e. The number of nitrogens with zero attached hydrogens (tertiary/aromatic N) is 5. The van der Waals surface area contributed by atoms with Crippen LogP contribution in [0.4, 0.5) is 31.5 Å². The zero-order valence-corrected chi connectivity index (χ0v) is 21.0. The number of fused-ring (bicyclic) bond motifs is 1. The predicted octanol–water partition coefficient (Wildman–Crippen LogP) is 2.76. The number of halogens is 6. The molecule has 0 spiro atoms. The van der Waals surface area contributed by atoms with Gasteiger partial charge in [0.2, 0.25) is 11.0 Å². The molecule has 0 radical (unpaired) electrons. The van der Waals surface area contributed by atoms with E-state index in [9.17, 15) is 31.1 Å². The minimum Gasteiger partial charge on any atom is -0.475 e. The summed E-state index contributed by atoms with van der Waals surface area (Å²) in [6, 6.07) is 3.91. The summed E-state index contributed by atoms with van der Waals surface area (Å²) in [5.41, 5.74) is 1.05. The van der Waals surface area contributed by atoms with Gasteiger partial charge in [0.25, 0.3) is 0 Å². The van der Waals surface area contributed by atoms with Crippen molar-refractivity contribution in [1.29, 1.82) is 0 Å². The molecule has 2 atom stereocenters. The van der Waals surface area contributed by atoms with Crippen LogP contribution in [0.25, 0.3) is 0 Å². The average Bonchev–Trinajstić information content (AvgIpc) is 3.23. The van der Waals surface area contributed by atoms with Crippen LogP contribution in [0, 0.1) is 12.8 Å². The number of carboxylic acids is 2. The van der Waals surface area contributed by atoms with Crippen molar-refractivity contribution in [2.45, 2.75) is 38.3 Å². The molecule has 4 heterocycles. The van der Waals surface area contributed by atoms with Crippen molar-refractivity contribution in [3.05, 3.63) is 35.1 Å². The van der Waals surface area contributed by atoms with Crippen LogP contribution in [0.15, 0.2) is 24.5 Å². The van der Waals surface area contributed by atoms with Crippen LogP contribution in [0.1, 0.15) is 17.0 Å². The van der Waals surface area contributed by atoms with Crippen molar-refractivity contribution in [2.75, 3.05) is 31.1 Å². The predicted molar refractivity (Wildman–Crippen MR) is 122 cm³/mol. The highest BCUT2D eigenvalue weighted by Gasteiger charge is 2.40. The van der Waals surface area contributed by atoms with Crippen molar-refractivity contribution < 1.29 is 55.7 Å².